The lowest BCUT2D eigenvalue weighted by Gasteiger charge is -2.30. The number of amides is 4. The summed E-state index contributed by atoms with van der Waals surface area (Å²) < 4.78 is 15.3. The Balaban J connectivity index is 0.957. The first kappa shape index (κ1) is 42.7. The van der Waals surface area contributed by atoms with Gasteiger partial charge in [0.1, 0.15) is 23.7 Å². The first-order valence-corrected chi connectivity index (χ1v) is 21.2. The number of hydrogen-bond donors (Lipinski definition) is 4. The molecule has 2 aromatic heterocycles. The van der Waals surface area contributed by atoms with E-state index in [2.05, 4.69) is 81.3 Å². The number of aromatic nitrogens is 4. The maximum Gasteiger partial charge on any atom is 0.407 e. The van der Waals surface area contributed by atoms with E-state index < -0.39 is 30.3 Å². The molecule has 2 aliphatic rings. The first-order valence-electron chi connectivity index (χ1n) is 21.2. The average Bonchev–Trinajstić information content (AvgIpc) is 4.16. The van der Waals surface area contributed by atoms with Crippen LogP contribution in [0.3, 0.4) is 0 Å². The molecule has 0 bridgehead atoms. The topological polar surface area (TPSA) is 184 Å². The molecule has 4 amide bonds. The number of imidazole rings is 2. The smallest absolute Gasteiger partial charge is 0.407 e. The Bertz CT molecular complexity index is 2590. The molecule has 63 heavy (non-hydrogen) atoms. The number of methoxy groups -OCH3 is 3. The van der Waals surface area contributed by atoms with Crippen molar-refractivity contribution in [2.24, 2.45) is 5.92 Å². The summed E-state index contributed by atoms with van der Waals surface area (Å²) in [6.45, 7) is 4.73. The zero-order valence-corrected chi connectivity index (χ0v) is 36.0. The summed E-state index contributed by atoms with van der Waals surface area (Å²) >= 11 is 0. The largest absolute Gasteiger partial charge is 0.453 e. The van der Waals surface area contributed by atoms with Gasteiger partial charge in [-0.25, -0.2) is 19.6 Å². The van der Waals surface area contributed by atoms with Gasteiger partial charge >= 0.3 is 12.2 Å². The lowest BCUT2D eigenvalue weighted by molar-refractivity contribution is -0.136. The van der Waals surface area contributed by atoms with E-state index in [-0.39, 0.29) is 29.9 Å². The minimum absolute atomic E-state index is 0.112. The van der Waals surface area contributed by atoms with Gasteiger partial charge in [0.15, 0.2) is 0 Å². The molecule has 0 radical (unpaired) electrons. The van der Waals surface area contributed by atoms with Crippen molar-refractivity contribution in [3.8, 4) is 33.6 Å². The maximum atomic E-state index is 14.1. The molecule has 2 saturated heterocycles. The van der Waals surface area contributed by atoms with Crippen LogP contribution in [0.1, 0.15) is 68.4 Å². The van der Waals surface area contributed by atoms with Gasteiger partial charge in [-0.2, -0.15) is 0 Å². The van der Waals surface area contributed by atoms with Crippen LogP contribution in [0.4, 0.5) is 9.59 Å². The number of hydrogen-bond acceptors (Lipinski definition) is 9. The van der Waals surface area contributed by atoms with Crippen LogP contribution in [0.2, 0.25) is 0 Å². The molecule has 8 rings (SSSR count). The maximum absolute atomic E-state index is 14.1. The van der Waals surface area contributed by atoms with Crippen molar-refractivity contribution in [1.82, 2.24) is 40.4 Å². The summed E-state index contributed by atoms with van der Waals surface area (Å²) in [6, 6.07) is 27.8. The summed E-state index contributed by atoms with van der Waals surface area (Å²) in [5.41, 5.74) is 6.37. The second kappa shape index (κ2) is 18.5. The Hall–Kier alpha value is -7.00. The lowest BCUT2D eigenvalue weighted by atomic mass is 9.98. The fourth-order valence-electron chi connectivity index (χ4n) is 8.68. The molecule has 15 nitrogen and oxygen atoms in total. The fourth-order valence-corrected chi connectivity index (χ4v) is 8.68. The van der Waals surface area contributed by atoms with E-state index >= 15 is 0 Å². The van der Waals surface area contributed by atoms with E-state index in [1.807, 2.05) is 43.1 Å². The molecule has 2 aliphatic heterocycles. The summed E-state index contributed by atoms with van der Waals surface area (Å²) in [6.07, 6.45) is 4.22. The Morgan fingerprint density at radius 2 is 1.27 bits per heavy atom. The van der Waals surface area contributed by atoms with Gasteiger partial charge in [0, 0.05) is 32.2 Å². The molecule has 0 aliphatic carbocycles. The number of rotatable bonds is 12. The number of nitrogens with zero attached hydrogens (tertiary/aromatic N) is 4. The van der Waals surface area contributed by atoms with Crippen molar-refractivity contribution in [1.29, 1.82) is 0 Å². The van der Waals surface area contributed by atoms with Crippen LogP contribution in [-0.4, -0.2) is 100 Å². The molecule has 0 saturated carbocycles. The Morgan fingerprint density at radius 3 is 1.92 bits per heavy atom. The van der Waals surface area contributed by atoms with E-state index in [0.29, 0.717) is 30.9 Å². The number of aromatic amines is 2. The predicted molar refractivity (Wildman–Crippen MR) is 237 cm³/mol. The van der Waals surface area contributed by atoms with Crippen molar-refractivity contribution >= 4 is 34.8 Å². The van der Waals surface area contributed by atoms with E-state index in [1.165, 1.54) is 14.2 Å². The van der Waals surface area contributed by atoms with Gasteiger partial charge in [0.2, 0.25) is 5.91 Å². The van der Waals surface area contributed by atoms with Gasteiger partial charge in [-0.15, -0.1) is 0 Å². The van der Waals surface area contributed by atoms with E-state index in [4.69, 9.17) is 24.2 Å². The molecule has 4 heterocycles. The molecule has 15 heteroatoms. The molecule has 4 aromatic carbocycles. The number of carbonyl (C=O) groups is 4. The molecule has 4 N–H and O–H groups in total. The second-order valence-electron chi connectivity index (χ2n) is 16.3. The number of likely N-dealkylation sites (tertiary alicyclic amines) is 2. The van der Waals surface area contributed by atoms with Crippen LogP contribution in [0.25, 0.3) is 44.4 Å². The number of ether oxygens (including phenoxy) is 3. The molecule has 0 unspecified atom stereocenters. The molecule has 5 atom stereocenters. The van der Waals surface area contributed by atoms with Crippen molar-refractivity contribution in [2.45, 2.75) is 63.4 Å². The zero-order chi connectivity index (χ0) is 44.2. The first-order chi connectivity index (χ1) is 30.5. The fraction of sp³-hybridized carbons (Fsp3) is 0.333. The molecule has 326 valence electrons. The van der Waals surface area contributed by atoms with Gasteiger partial charge in [-0.3, -0.25) is 9.59 Å². The summed E-state index contributed by atoms with van der Waals surface area (Å²) in [5.74, 6) is 0.815. The number of carbonyl (C=O) groups excluding carboxylic acids is 4. The normalized spacial score (nSPS) is 18.3. The number of fused-ring (bicyclic) bond motifs is 1. The van der Waals surface area contributed by atoms with Crippen molar-refractivity contribution in [3.63, 3.8) is 0 Å². The third-order valence-corrected chi connectivity index (χ3v) is 12.1. The van der Waals surface area contributed by atoms with E-state index in [9.17, 15) is 19.2 Å². The minimum Gasteiger partial charge on any atom is -0.453 e. The Kier molecular flexibility index (Phi) is 12.6. The number of benzene rings is 4. The highest BCUT2D eigenvalue weighted by atomic mass is 16.5. The van der Waals surface area contributed by atoms with Gasteiger partial charge in [-0.05, 0) is 63.9 Å². The van der Waals surface area contributed by atoms with Crippen LogP contribution >= 0.6 is 0 Å². The lowest BCUT2D eigenvalue weighted by Crippen LogP contribution is -2.51. The summed E-state index contributed by atoms with van der Waals surface area (Å²) in [4.78, 5) is 72.0. The average molecular weight is 853 g/mol. The molecule has 0 spiro atoms. The third kappa shape index (κ3) is 9.00. The highest BCUT2D eigenvalue weighted by Gasteiger charge is 2.42. The highest BCUT2D eigenvalue weighted by Crippen LogP contribution is 2.37. The Morgan fingerprint density at radius 1 is 0.683 bits per heavy atom. The quantitative estimate of drug-likeness (QED) is 0.0958. The van der Waals surface area contributed by atoms with Crippen molar-refractivity contribution in [3.05, 3.63) is 121 Å². The zero-order valence-electron chi connectivity index (χ0n) is 36.0. The SMILES string of the molecule is COC(=O)N[C@H](C(=O)N1C[C@@H](OC)C[C@H]1c1ncc(-c2ccc(-c3ccc4cc(-c5cnc([C@@H]6CCCN6C(=O)[C@@H](NC(=O)OC)C(C)C)[nH]5)ccc4c3)cc2)[nH]1)c1ccccc1. The van der Waals surface area contributed by atoms with Crippen LogP contribution in [0, 0.1) is 5.92 Å². The Labute approximate surface area is 365 Å². The molecular weight excluding hydrogens is 801 g/mol. The van der Waals surface area contributed by atoms with E-state index in [1.54, 1.807) is 30.3 Å². The predicted octanol–water partition coefficient (Wildman–Crippen LogP) is 7.72. The molecule has 2 fully saturated rings. The standard InChI is InChI=1S/C48H52N8O7/c1-28(2)41(53-47(59)62-4)45(57)55-21-9-12-39(55)43-49-26-38(52-43)35-20-19-33-22-32(17-18-34(33)23-35)29-13-15-30(16-14-29)37-25-50-44(51-37)40-24-36(61-3)27-56(40)46(58)42(54-48(60)63-5)31-10-7-6-8-11-31/h6-8,10-11,13-20,22-23,25-26,28,36,39-42H,9,12,21,24,27H2,1-5H3,(H,49,52)(H,50,51)(H,53,59)(H,54,60)/t36-,39-,40-,41-,42-/m0/s1. The van der Waals surface area contributed by atoms with Crippen LogP contribution < -0.4 is 10.6 Å². The third-order valence-electron chi connectivity index (χ3n) is 12.1. The van der Waals surface area contributed by atoms with Crippen molar-refractivity contribution < 1.29 is 33.4 Å². The number of alkyl carbamates (subject to hydrolysis) is 2. The molecular formula is C48H52N8O7. The number of H-pyrrole nitrogens is 2. The molecule has 6 aromatic rings. The summed E-state index contributed by atoms with van der Waals surface area (Å²) in [5, 5.41) is 7.57. The second-order valence-corrected chi connectivity index (χ2v) is 16.3. The number of nitrogens with one attached hydrogen (secondary N) is 4. The van der Waals surface area contributed by atoms with Crippen LogP contribution in [0.5, 0.6) is 0 Å². The van der Waals surface area contributed by atoms with Gasteiger partial charge in [-0.1, -0.05) is 92.7 Å². The van der Waals surface area contributed by atoms with Crippen LogP contribution in [-0.2, 0) is 23.8 Å². The van der Waals surface area contributed by atoms with E-state index in [0.717, 1.165) is 63.1 Å². The van der Waals surface area contributed by atoms with Gasteiger partial charge in [0.05, 0.1) is 56.2 Å². The van der Waals surface area contributed by atoms with Gasteiger partial charge < -0.3 is 44.6 Å². The van der Waals surface area contributed by atoms with Crippen molar-refractivity contribution in [2.75, 3.05) is 34.4 Å². The minimum atomic E-state index is -0.947. The van der Waals surface area contributed by atoms with Gasteiger partial charge in [0.25, 0.3) is 5.91 Å². The summed E-state index contributed by atoms with van der Waals surface area (Å²) in [7, 11) is 4.19. The highest BCUT2D eigenvalue weighted by molar-refractivity contribution is 5.91. The monoisotopic (exact) mass is 852 g/mol. The van der Waals surface area contributed by atoms with Crippen LogP contribution in [0.15, 0.2) is 103 Å².